The average molecular weight is 994 g/mol. The van der Waals surface area contributed by atoms with Gasteiger partial charge in [-0.05, 0) is 170 Å². The number of nitrogens with zero attached hydrogens (tertiary/aromatic N) is 4. The molecule has 0 saturated carbocycles. The molecule has 0 bridgehead atoms. The van der Waals surface area contributed by atoms with Gasteiger partial charge < -0.3 is 9.47 Å². The molecular weight excluding hydrogens is 956 g/mol. The van der Waals surface area contributed by atoms with E-state index >= 15 is 0 Å². The maximum Gasteiger partial charge on any atom is 0.343 e. The number of ketones is 1. The summed E-state index contributed by atoms with van der Waals surface area (Å²) in [6.45, 7) is 3.77. The van der Waals surface area contributed by atoms with Gasteiger partial charge in [0.25, 0.3) is 0 Å². The van der Waals surface area contributed by atoms with Gasteiger partial charge in [0.1, 0.15) is 23.0 Å². The van der Waals surface area contributed by atoms with E-state index in [9.17, 15) is 33.6 Å². The van der Waals surface area contributed by atoms with Crippen LogP contribution >= 0.6 is 23.2 Å². The van der Waals surface area contributed by atoms with Crippen molar-refractivity contribution in [2.24, 2.45) is 0 Å². The first kappa shape index (κ1) is 47.9. The second-order valence-electron chi connectivity index (χ2n) is 16.3. The van der Waals surface area contributed by atoms with E-state index in [2.05, 4.69) is 0 Å². The number of anilines is 4. The van der Waals surface area contributed by atoms with Gasteiger partial charge in [0.2, 0.25) is 0 Å². The minimum atomic E-state index is -0.922. The maximum absolute atomic E-state index is 13.6. The quantitative estimate of drug-likeness (QED) is 0.0700. The van der Waals surface area contributed by atoms with E-state index in [0.717, 1.165) is 47.6 Å². The molecule has 13 nitrogen and oxygen atoms in total. The summed E-state index contributed by atoms with van der Waals surface area (Å²) >= 11 is 11.6. The summed E-state index contributed by atoms with van der Waals surface area (Å²) in [4.78, 5) is 92.5. The zero-order chi connectivity index (χ0) is 50.6. The van der Waals surface area contributed by atoms with Gasteiger partial charge in [-0.2, -0.15) is 0 Å². The summed E-state index contributed by atoms with van der Waals surface area (Å²) in [5, 5.41) is 0.924. The standard InChI is InChI=1S/C42H30N2O6.C15H8Cl2N2O3/c1-27-8-16-32(17-9-27)43-40(46)41(47)44(42(43)48)33-18-12-29(13-19-33)31-11-10-28(2)38(26-31)39(45)30-14-20-35(21-15-30)50-37-24-22-36(23-25-37)49-34-6-4-3-5-7-34;16-9-1-5-11(6-2-9)18-13(20)14(21)19(15(18)22)12-7-3-10(17)4-8-12/h3-26H,1-2H3;1-8H. The third kappa shape index (κ3) is 9.96. The first-order valence-corrected chi connectivity index (χ1v) is 22.9. The largest absolute Gasteiger partial charge is 0.457 e. The highest BCUT2D eigenvalue weighted by Crippen LogP contribution is 2.33. The molecule has 2 saturated heterocycles. The smallest absolute Gasteiger partial charge is 0.343 e. The lowest BCUT2D eigenvalue weighted by molar-refractivity contribution is -0.133. The number of benzene rings is 8. The first-order chi connectivity index (χ1) is 34.7. The Balaban J connectivity index is 0.000000242. The fraction of sp³-hybridized carbons (Fsp3) is 0.0351. The highest BCUT2D eigenvalue weighted by molar-refractivity contribution is 6.61. The van der Waals surface area contributed by atoms with Crippen molar-refractivity contribution in [3.05, 3.63) is 226 Å². The second-order valence-corrected chi connectivity index (χ2v) is 17.2. The van der Waals surface area contributed by atoms with Crippen molar-refractivity contribution in [3.63, 3.8) is 0 Å². The van der Waals surface area contributed by atoms with Gasteiger partial charge in [-0.1, -0.05) is 83.4 Å². The van der Waals surface area contributed by atoms with Gasteiger partial charge in [0.05, 0.1) is 22.7 Å². The summed E-state index contributed by atoms with van der Waals surface area (Å²) < 4.78 is 11.8. The van der Waals surface area contributed by atoms with Crippen LogP contribution in [0.2, 0.25) is 10.0 Å². The number of carbonyl (C=O) groups excluding carboxylic acids is 7. The number of amides is 8. The van der Waals surface area contributed by atoms with E-state index in [4.69, 9.17) is 32.7 Å². The fourth-order valence-corrected chi connectivity index (χ4v) is 7.98. The zero-order valence-electron chi connectivity index (χ0n) is 38.2. The van der Waals surface area contributed by atoms with Crippen LogP contribution in [0, 0.1) is 13.8 Å². The fourth-order valence-electron chi connectivity index (χ4n) is 7.73. The number of hydrogen-bond acceptors (Lipinski definition) is 9. The Hall–Kier alpha value is -9.17. The van der Waals surface area contributed by atoms with Gasteiger partial charge in [-0.3, -0.25) is 24.0 Å². The number of rotatable bonds is 11. The molecule has 0 unspecified atom stereocenters. The molecule has 2 heterocycles. The monoisotopic (exact) mass is 992 g/mol. The van der Waals surface area contributed by atoms with Crippen molar-refractivity contribution in [2.45, 2.75) is 13.8 Å². The highest BCUT2D eigenvalue weighted by Gasteiger charge is 2.47. The lowest BCUT2D eigenvalue weighted by atomic mass is 9.94. The number of halogens is 2. The molecule has 8 aromatic rings. The number of ether oxygens (including phenoxy) is 2. The average Bonchev–Trinajstić information content (AvgIpc) is 3.76. The van der Waals surface area contributed by atoms with Crippen LogP contribution < -0.4 is 29.1 Å². The molecule has 2 aliphatic heterocycles. The minimum Gasteiger partial charge on any atom is -0.457 e. The van der Waals surface area contributed by atoms with Gasteiger partial charge in [0, 0.05) is 21.2 Å². The summed E-state index contributed by atoms with van der Waals surface area (Å²) in [6, 6.07) is 53.6. The molecule has 8 amide bonds. The van der Waals surface area contributed by atoms with Crippen LogP contribution in [0.3, 0.4) is 0 Å². The molecule has 15 heteroatoms. The van der Waals surface area contributed by atoms with E-state index in [1.165, 1.54) is 48.5 Å². The molecule has 2 fully saturated rings. The lowest BCUT2D eigenvalue weighted by Gasteiger charge is -2.16. The molecule has 0 atom stereocenters. The van der Waals surface area contributed by atoms with Gasteiger partial charge >= 0.3 is 35.7 Å². The Morgan fingerprint density at radius 1 is 0.389 bits per heavy atom. The van der Waals surface area contributed by atoms with Crippen molar-refractivity contribution in [3.8, 4) is 34.1 Å². The van der Waals surface area contributed by atoms with E-state index in [-0.39, 0.29) is 22.8 Å². The summed E-state index contributed by atoms with van der Waals surface area (Å²) in [7, 11) is 0. The van der Waals surface area contributed by atoms with E-state index in [1.807, 2.05) is 86.6 Å². The number of urea groups is 2. The van der Waals surface area contributed by atoms with Gasteiger partial charge in [0.15, 0.2) is 5.78 Å². The topological polar surface area (TPSA) is 151 Å². The SMILES string of the molecule is Cc1ccc(N2C(=O)C(=O)N(c3ccc(-c4ccc(C)c(C(=O)c5ccc(Oc6ccc(Oc7ccccc7)cc6)cc5)c4)cc3)C2=O)cc1.O=C1C(=O)N(c2ccc(Cl)cc2)C(=O)N1c1ccc(Cl)cc1. The Morgan fingerprint density at radius 2 is 0.736 bits per heavy atom. The first-order valence-electron chi connectivity index (χ1n) is 22.1. The van der Waals surface area contributed by atoms with Crippen LogP contribution in [0.15, 0.2) is 194 Å². The third-order valence-corrected chi connectivity index (χ3v) is 12.0. The molecule has 0 aliphatic carbocycles. The Kier molecular flexibility index (Phi) is 13.6. The molecule has 10 rings (SSSR count). The van der Waals surface area contributed by atoms with E-state index in [0.29, 0.717) is 44.1 Å². The van der Waals surface area contributed by atoms with E-state index in [1.54, 1.807) is 72.8 Å². The number of hydrogen-bond donors (Lipinski definition) is 0. The maximum atomic E-state index is 13.6. The third-order valence-electron chi connectivity index (χ3n) is 11.5. The predicted molar refractivity (Wildman–Crippen MR) is 274 cm³/mol. The second kappa shape index (κ2) is 20.4. The summed E-state index contributed by atoms with van der Waals surface area (Å²) in [6.07, 6.45) is 0. The summed E-state index contributed by atoms with van der Waals surface area (Å²) in [5.41, 5.74) is 5.54. The molecule has 8 aromatic carbocycles. The normalized spacial score (nSPS) is 13.4. The number of imide groups is 4. The molecule has 72 heavy (non-hydrogen) atoms. The number of carbonyl (C=O) groups is 7. The van der Waals surface area contributed by atoms with E-state index < -0.39 is 35.7 Å². The van der Waals surface area contributed by atoms with Crippen molar-refractivity contribution >= 4 is 87.4 Å². The molecule has 354 valence electrons. The Bertz CT molecular complexity index is 3340. The molecule has 0 radical (unpaired) electrons. The Labute approximate surface area is 422 Å². The van der Waals surface area contributed by atoms with Crippen molar-refractivity contribution < 1.29 is 43.0 Å². The van der Waals surface area contributed by atoms with Crippen LogP contribution in [0.5, 0.6) is 23.0 Å². The molecule has 0 spiro atoms. The van der Waals surface area contributed by atoms with Gasteiger partial charge in [-0.15, -0.1) is 0 Å². The highest BCUT2D eigenvalue weighted by atomic mass is 35.5. The van der Waals surface area contributed by atoms with Crippen LogP contribution in [-0.2, 0) is 19.2 Å². The lowest BCUT2D eigenvalue weighted by Crippen LogP contribution is -2.33. The van der Waals surface area contributed by atoms with Crippen molar-refractivity contribution in [1.29, 1.82) is 0 Å². The van der Waals surface area contributed by atoms with Crippen LogP contribution in [0.1, 0.15) is 27.0 Å². The molecule has 2 aliphatic rings. The van der Waals surface area contributed by atoms with Crippen LogP contribution in [0.4, 0.5) is 32.3 Å². The van der Waals surface area contributed by atoms with Crippen molar-refractivity contribution in [1.82, 2.24) is 0 Å². The van der Waals surface area contributed by atoms with Crippen molar-refractivity contribution in [2.75, 3.05) is 19.6 Å². The molecule has 0 aromatic heterocycles. The predicted octanol–water partition coefficient (Wildman–Crippen LogP) is 12.8. The number of para-hydroxylation sites is 1. The molecule has 0 N–H and O–H groups in total. The summed E-state index contributed by atoms with van der Waals surface area (Å²) in [5.74, 6) is -1.14. The Morgan fingerprint density at radius 3 is 1.15 bits per heavy atom. The van der Waals surface area contributed by atoms with Gasteiger partial charge in [-0.25, -0.2) is 29.2 Å². The molecular formula is C57H38Cl2N4O9. The number of aryl methyl sites for hydroxylation is 2. The minimum absolute atomic E-state index is 0.141. The zero-order valence-corrected chi connectivity index (χ0v) is 39.7. The van der Waals surface area contributed by atoms with Crippen LogP contribution in [0.25, 0.3) is 11.1 Å². The van der Waals surface area contributed by atoms with Crippen LogP contribution in [-0.4, -0.2) is 41.5 Å².